The van der Waals surface area contributed by atoms with Gasteiger partial charge in [-0.3, -0.25) is 9.78 Å². The van der Waals surface area contributed by atoms with E-state index in [-0.39, 0.29) is 31.8 Å². The number of halogens is 2. The molecular weight excluding hydrogens is 376 g/mol. The molecule has 0 aliphatic carbocycles. The van der Waals surface area contributed by atoms with Crippen LogP contribution in [0.25, 0.3) is 27.8 Å². The molecule has 1 aromatic carbocycles. The van der Waals surface area contributed by atoms with Gasteiger partial charge in [0.05, 0.1) is 28.4 Å². The van der Waals surface area contributed by atoms with Gasteiger partial charge in [-0.05, 0) is 36.4 Å². The third-order valence-corrected chi connectivity index (χ3v) is 5.26. The fourth-order valence-electron chi connectivity index (χ4n) is 3.57. The highest BCUT2D eigenvalue weighted by molar-refractivity contribution is 5.97. The zero-order valence-corrected chi connectivity index (χ0v) is 15.4. The predicted octanol–water partition coefficient (Wildman–Crippen LogP) is 3.82. The molecule has 0 radical (unpaired) electrons. The van der Waals surface area contributed by atoms with E-state index in [1.165, 1.54) is 4.90 Å². The summed E-state index contributed by atoms with van der Waals surface area (Å²) < 4.78 is 28.5. The van der Waals surface area contributed by atoms with E-state index in [2.05, 4.69) is 15.1 Å². The number of hydrogen-bond donors (Lipinski definition) is 0. The number of aromatic nitrogens is 4. The first kappa shape index (κ1) is 17.7. The zero-order chi connectivity index (χ0) is 20.0. The fourth-order valence-corrected chi connectivity index (χ4v) is 3.57. The molecule has 1 aliphatic rings. The second kappa shape index (κ2) is 6.58. The first-order valence-electron chi connectivity index (χ1n) is 9.36. The number of carbonyl (C=O) groups is 1. The number of pyridine rings is 1. The SMILES string of the molecule is O=C(c1ccc2ncc(-c3ccc4ccnn4c3)nc2c1)N1CCC(F)(F)CC1. The number of piperidine rings is 1. The van der Waals surface area contributed by atoms with Gasteiger partial charge in [-0.2, -0.15) is 5.10 Å². The van der Waals surface area contributed by atoms with Crippen molar-refractivity contribution in [2.24, 2.45) is 0 Å². The summed E-state index contributed by atoms with van der Waals surface area (Å²) in [5.41, 5.74) is 4.16. The summed E-state index contributed by atoms with van der Waals surface area (Å²) in [7, 11) is 0. The molecule has 4 heterocycles. The average molecular weight is 393 g/mol. The van der Waals surface area contributed by atoms with Crippen molar-refractivity contribution in [1.29, 1.82) is 0 Å². The second-order valence-electron chi connectivity index (χ2n) is 7.23. The van der Waals surface area contributed by atoms with Crippen LogP contribution in [0.1, 0.15) is 23.2 Å². The van der Waals surface area contributed by atoms with Crippen LogP contribution >= 0.6 is 0 Å². The lowest BCUT2D eigenvalue weighted by atomic mass is 10.1. The minimum Gasteiger partial charge on any atom is -0.338 e. The normalized spacial score (nSPS) is 16.4. The Morgan fingerprint density at radius 2 is 1.86 bits per heavy atom. The van der Waals surface area contributed by atoms with E-state index in [0.717, 1.165) is 11.1 Å². The number of benzene rings is 1. The molecule has 0 N–H and O–H groups in total. The van der Waals surface area contributed by atoms with E-state index in [4.69, 9.17) is 0 Å². The van der Waals surface area contributed by atoms with Crippen molar-refractivity contribution < 1.29 is 13.6 Å². The molecule has 1 amide bonds. The van der Waals surface area contributed by atoms with Gasteiger partial charge in [-0.25, -0.2) is 18.3 Å². The molecule has 4 aromatic rings. The van der Waals surface area contributed by atoms with Gasteiger partial charge in [-0.1, -0.05) is 0 Å². The standard InChI is InChI=1S/C21H17F2N5O/c22-21(23)6-9-27(10-7-21)20(29)14-2-4-17-18(11-14)26-19(12-24-17)15-1-3-16-5-8-25-28(16)13-15/h1-5,8,11-13H,6-7,9-10H2. The van der Waals surface area contributed by atoms with Crippen molar-refractivity contribution >= 4 is 22.5 Å². The summed E-state index contributed by atoms with van der Waals surface area (Å²) >= 11 is 0. The number of fused-ring (bicyclic) bond motifs is 2. The van der Waals surface area contributed by atoms with E-state index < -0.39 is 5.92 Å². The lowest BCUT2D eigenvalue weighted by molar-refractivity contribution is -0.0494. The molecule has 6 nitrogen and oxygen atoms in total. The predicted molar refractivity (Wildman–Crippen MR) is 104 cm³/mol. The van der Waals surface area contributed by atoms with Crippen LogP contribution in [0.4, 0.5) is 8.78 Å². The summed E-state index contributed by atoms with van der Waals surface area (Å²) in [6.07, 6.45) is 4.67. The van der Waals surface area contributed by atoms with Crippen LogP contribution in [-0.4, -0.2) is 49.4 Å². The highest BCUT2D eigenvalue weighted by Crippen LogP contribution is 2.29. The molecule has 0 spiro atoms. The number of likely N-dealkylation sites (tertiary alicyclic amines) is 1. The average Bonchev–Trinajstić information content (AvgIpc) is 3.20. The van der Waals surface area contributed by atoms with Crippen LogP contribution in [0.5, 0.6) is 0 Å². The summed E-state index contributed by atoms with van der Waals surface area (Å²) in [5.74, 6) is -2.94. The first-order chi connectivity index (χ1) is 14.0. The Morgan fingerprint density at radius 3 is 2.69 bits per heavy atom. The maximum Gasteiger partial charge on any atom is 0.253 e. The van der Waals surface area contributed by atoms with Crippen molar-refractivity contribution in [2.45, 2.75) is 18.8 Å². The largest absolute Gasteiger partial charge is 0.338 e. The van der Waals surface area contributed by atoms with E-state index in [0.29, 0.717) is 22.3 Å². The van der Waals surface area contributed by atoms with Gasteiger partial charge in [-0.15, -0.1) is 0 Å². The molecule has 1 aliphatic heterocycles. The smallest absolute Gasteiger partial charge is 0.253 e. The maximum atomic E-state index is 13.4. The lowest BCUT2D eigenvalue weighted by Gasteiger charge is -2.31. The van der Waals surface area contributed by atoms with Crippen LogP contribution in [-0.2, 0) is 0 Å². The monoisotopic (exact) mass is 393 g/mol. The lowest BCUT2D eigenvalue weighted by Crippen LogP contribution is -2.42. The molecule has 8 heteroatoms. The van der Waals surface area contributed by atoms with Crippen LogP contribution in [0.15, 0.2) is 55.0 Å². The number of alkyl halides is 2. The van der Waals surface area contributed by atoms with Gasteiger partial charge in [0.1, 0.15) is 0 Å². The molecular formula is C21H17F2N5O. The number of hydrogen-bond acceptors (Lipinski definition) is 4. The first-order valence-corrected chi connectivity index (χ1v) is 9.36. The summed E-state index contributed by atoms with van der Waals surface area (Å²) in [6, 6.07) is 10.9. The maximum absolute atomic E-state index is 13.4. The van der Waals surface area contributed by atoms with Gasteiger partial charge in [0, 0.05) is 49.5 Å². The molecule has 0 saturated carbocycles. The molecule has 0 unspecified atom stereocenters. The van der Waals surface area contributed by atoms with Crippen molar-refractivity contribution in [3.8, 4) is 11.3 Å². The Kier molecular flexibility index (Phi) is 4.01. The molecule has 146 valence electrons. The summed E-state index contributed by atoms with van der Waals surface area (Å²) in [5, 5.41) is 4.23. The minimum atomic E-state index is -2.68. The number of amides is 1. The number of carbonyl (C=O) groups excluding carboxylic acids is 1. The topological polar surface area (TPSA) is 63.4 Å². The van der Waals surface area contributed by atoms with Gasteiger partial charge in [0.25, 0.3) is 11.8 Å². The van der Waals surface area contributed by atoms with E-state index in [9.17, 15) is 13.6 Å². The highest BCUT2D eigenvalue weighted by atomic mass is 19.3. The number of nitrogens with zero attached hydrogens (tertiary/aromatic N) is 5. The van der Waals surface area contributed by atoms with Crippen LogP contribution in [0.3, 0.4) is 0 Å². The Morgan fingerprint density at radius 1 is 1.03 bits per heavy atom. The van der Waals surface area contributed by atoms with Gasteiger partial charge >= 0.3 is 0 Å². The van der Waals surface area contributed by atoms with Crippen molar-refractivity contribution in [2.75, 3.05) is 13.1 Å². The Hall–Kier alpha value is -3.42. The van der Waals surface area contributed by atoms with Crippen molar-refractivity contribution in [3.63, 3.8) is 0 Å². The second-order valence-corrected chi connectivity index (χ2v) is 7.23. The van der Waals surface area contributed by atoms with Gasteiger partial charge < -0.3 is 4.90 Å². The highest BCUT2D eigenvalue weighted by Gasteiger charge is 2.35. The summed E-state index contributed by atoms with van der Waals surface area (Å²) in [6.45, 7) is 0.110. The van der Waals surface area contributed by atoms with Gasteiger partial charge in [0.15, 0.2) is 0 Å². The van der Waals surface area contributed by atoms with E-state index in [1.54, 1.807) is 35.1 Å². The van der Waals surface area contributed by atoms with Crippen LogP contribution < -0.4 is 0 Å². The van der Waals surface area contributed by atoms with E-state index in [1.807, 2.05) is 24.4 Å². The van der Waals surface area contributed by atoms with E-state index >= 15 is 0 Å². The third kappa shape index (κ3) is 3.30. The molecule has 5 rings (SSSR count). The molecule has 1 fully saturated rings. The number of rotatable bonds is 2. The van der Waals surface area contributed by atoms with Crippen LogP contribution in [0, 0.1) is 0 Å². The van der Waals surface area contributed by atoms with Crippen molar-refractivity contribution in [1.82, 2.24) is 24.5 Å². The quantitative estimate of drug-likeness (QED) is 0.519. The Bertz CT molecular complexity index is 1230. The van der Waals surface area contributed by atoms with Crippen molar-refractivity contribution in [3.05, 3.63) is 60.6 Å². The molecule has 0 atom stereocenters. The third-order valence-electron chi connectivity index (χ3n) is 5.26. The zero-order valence-electron chi connectivity index (χ0n) is 15.4. The fraction of sp³-hybridized carbons (Fsp3) is 0.238. The molecule has 3 aromatic heterocycles. The molecule has 1 saturated heterocycles. The molecule has 29 heavy (non-hydrogen) atoms. The Balaban J connectivity index is 1.47. The minimum absolute atomic E-state index is 0.0550. The van der Waals surface area contributed by atoms with Crippen LogP contribution in [0.2, 0.25) is 0 Å². The Labute approximate surface area is 164 Å². The van der Waals surface area contributed by atoms with Gasteiger partial charge in [0.2, 0.25) is 0 Å². The summed E-state index contributed by atoms with van der Waals surface area (Å²) in [4.78, 5) is 23.3. The molecule has 0 bridgehead atoms.